The smallest absolute Gasteiger partial charge is 0.329 e. The molecule has 1 heterocycles. The number of hydrogen-bond donors (Lipinski definition) is 2. The Morgan fingerprint density at radius 1 is 1.04 bits per heavy atom. The van der Waals surface area contributed by atoms with Crippen LogP contribution in [0.5, 0.6) is 0 Å². The van der Waals surface area contributed by atoms with Crippen LogP contribution in [0.1, 0.15) is 12.5 Å². The van der Waals surface area contributed by atoms with Gasteiger partial charge in [-0.25, -0.2) is 4.79 Å². The summed E-state index contributed by atoms with van der Waals surface area (Å²) >= 11 is 3.37. The number of aromatic nitrogens is 2. The molecule has 2 amide bonds. The number of anilines is 1. The summed E-state index contributed by atoms with van der Waals surface area (Å²) in [6, 6.07) is 12.8. The summed E-state index contributed by atoms with van der Waals surface area (Å²) in [4.78, 5) is 37.0. The van der Waals surface area contributed by atoms with Gasteiger partial charge >= 0.3 is 5.69 Å². The van der Waals surface area contributed by atoms with Crippen molar-refractivity contribution in [2.24, 2.45) is 0 Å². The highest BCUT2D eigenvalue weighted by Crippen LogP contribution is 2.19. The minimum atomic E-state index is -0.399. The first-order chi connectivity index (χ1) is 13.4. The summed E-state index contributed by atoms with van der Waals surface area (Å²) in [6.45, 7) is 3.97. The van der Waals surface area contributed by atoms with Gasteiger partial charge in [0.05, 0.1) is 17.6 Å². The summed E-state index contributed by atoms with van der Waals surface area (Å²) in [6.07, 6.45) is 0. The van der Waals surface area contributed by atoms with Crippen molar-refractivity contribution in [2.45, 2.75) is 26.9 Å². The first kappa shape index (κ1) is 19.9. The lowest BCUT2D eigenvalue weighted by Gasteiger charge is -2.10. The molecule has 2 aromatic carbocycles. The number of amides is 2. The van der Waals surface area contributed by atoms with E-state index in [9.17, 15) is 14.4 Å². The molecule has 0 bridgehead atoms. The van der Waals surface area contributed by atoms with Gasteiger partial charge in [-0.3, -0.25) is 18.7 Å². The minimum absolute atomic E-state index is 0.142. The normalized spacial score (nSPS) is 10.8. The lowest BCUT2D eigenvalue weighted by atomic mass is 10.2. The highest BCUT2D eigenvalue weighted by Gasteiger charge is 2.15. The zero-order chi connectivity index (χ0) is 20.3. The number of carbonyl (C=O) groups excluding carboxylic acids is 2. The molecule has 3 aromatic rings. The predicted molar refractivity (Wildman–Crippen MR) is 112 cm³/mol. The molecule has 0 aliphatic heterocycles. The molecule has 3 rings (SSSR count). The van der Waals surface area contributed by atoms with Crippen LogP contribution in [0.25, 0.3) is 11.0 Å². The van der Waals surface area contributed by atoms with Crippen LogP contribution >= 0.6 is 15.9 Å². The van der Waals surface area contributed by atoms with Crippen molar-refractivity contribution in [3.63, 3.8) is 0 Å². The number of benzene rings is 2. The third-order valence-corrected chi connectivity index (χ3v) is 4.94. The molecule has 0 fully saturated rings. The first-order valence-electron chi connectivity index (χ1n) is 8.91. The van der Waals surface area contributed by atoms with E-state index in [1.165, 1.54) is 4.57 Å². The van der Waals surface area contributed by atoms with E-state index >= 15 is 0 Å². The number of nitrogens with zero attached hydrogens (tertiary/aromatic N) is 2. The average molecular weight is 445 g/mol. The summed E-state index contributed by atoms with van der Waals surface area (Å²) in [5, 5.41) is 5.34. The maximum absolute atomic E-state index is 12.6. The lowest BCUT2D eigenvalue weighted by Crippen LogP contribution is -2.37. The van der Waals surface area contributed by atoms with Gasteiger partial charge in [0.2, 0.25) is 11.8 Å². The van der Waals surface area contributed by atoms with E-state index in [-0.39, 0.29) is 24.7 Å². The zero-order valence-corrected chi connectivity index (χ0v) is 17.2. The van der Waals surface area contributed by atoms with E-state index < -0.39 is 5.91 Å². The van der Waals surface area contributed by atoms with Crippen molar-refractivity contribution in [2.75, 3.05) is 11.9 Å². The number of hydrogen-bond acceptors (Lipinski definition) is 3. The van der Waals surface area contributed by atoms with E-state index in [0.29, 0.717) is 17.7 Å². The largest absolute Gasteiger partial charge is 0.345 e. The number of rotatable bonds is 6. The van der Waals surface area contributed by atoms with Crippen LogP contribution in [0, 0.1) is 6.92 Å². The van der Waals surface area contributed by atoms with Crippen LogP contribution < -0.4 is 16.3 Å². The number of imidazole rings is 1. The second-order valence-corrected chi connectivity index (χ2v) is 7.30. The van der Waals surface area contributed by atoms with E-state index in [1.807, 2.05) is 44.2 Å². The number of para-hydroxylation sites is 2. The van der Waals surface area contributed by atoms with Crippen molar-refractivity contribution >= 4 is 44.5 Å². The Morgan fingerprint density at radius 2 is 1.71 bits per heavy atom. The molecule has 0 saturated carbocycles. The number of aryl methyl sites for hydroxylation is 2. The van der Waals surface area contributed by atoms with Crippen molar-refractivity contribution in [1.82, 2.24) is 14.5 Å². The molecule has 0 aliphatic rings. The fraction of sp³-hybridized carbons (Fsp3) is 0.250. The van der Waals surface area contributed by atoms with Gasteiger partial charge in [0, 0.05) is 16.7 Å². The monoisotopic (exact) mass is 444 g/mol. The highest BCUT2D eigenvalue weighted by atomic mass is 79.9. The third-order valence-electron chi connectivity index (χ3n) is 4.45. The van der Waals surface area contributed by atoms with E-state index in [1.54, 1.807) is 16.7 Å². The number of carbonyl (C=O) groups is 2. The predicted octanol–water partition coefficient (Wildman–Crippen LogP) is 2.65. The minimum Gasteiger partial charge on any atom is -0.345 e. The SMILES string of the molecule is CCn1c(=O)n(CC(=O)NCC(=O)Nc2ccc(Br)cc2C)c2ccccc21. The molecule has 0 radical (unpaired) electrons. The second-order valence-electron chi connectivity index (χ2n) is 6.39. The number of halogens is 1. The Bertz CT molecular complexity index is 1100. The number of fused-ring (bicyclic) bond motifs is 1. The van der Waals surface area contributed by atoms with Gasteiger partial charge in [-0.1, -0.05) is 28.1 Å². The molecular weight excluding hydrogens is 424 g/mol. The summed E-state index contributed by atoms with van der Waals surface area (Å²) < 4.78 is 3.96. The third kappa shape index (κ3) is 4.17. The van der Waals surface area contributed by atoms with Gasteiger partial charge in [-0.15, -0.1) is 0 Å². The van der Waals surface area contributed by atoms with Crippen molar-refractivity contribution in [3.8, 4) is 0 Å². The fourth-order valence-corrected chi connectivity index (χ4v) is 3.55. The average Bonchev–Trinajstić information content (AvgIpc) is 2.93. The van der Waals surface area contributed by atoms with E-state index in [4.69, 9.17) is 0 Å². The van der Waals surface area contributed by atoms with Crippen LogP contribution in [0.4, 0.5) is 5.69 Å². The molecule has 1 aromatic heterocycles. The van der Waals surface area contributed by atoms with Crippen LogP contribution in [-0.4, -0.2) is 27.5 Å². The Kier molecular flexibility index (Phi) is 5.99. The maximum Gasteiger partial charge on any atom is 0.329 e. The standard InChI is InChI=1S/C20H21BrN4O3/c1-3-24-16-6-4-5-7-17(16)25(20(24)28)12-19(27)22-11-18(26)23-15-9-8-14(21)10-13(15)2/h4-10H,3,11-12H2,1-2H3,(H,22,27)(H,23,26). The second kappa shape index (κ2) is 8.43. The van der Waals surface area contributed by atoms with E-state index in [2.05, 4.69) is 26.6 Å². The molecule has 8 heteroatoms. The Labute approximate surface area is 170 Å². The maximum atomic E-state index is 12.6. The molecule has 0 atom stereocenters. The van der Waals surface area contributed by atoms with Gasteiger partial charge in [0.15, 0.2) is 0 Å². The Hall–Kier alpha value is -2.87. The fourth-order valence-electron chi connectivity index (χ4n) is 3.07. The molecule has 0 spiro atoms. The summed E-state index contributed by atoms with van der Waals surface area (Å²) in [5.74, 6) is -0.731. The van der Waals surface area contributed by atoms with Gasteiger partial charge in [0.1, 0.15) is 6.54 Å². The van der Waals surface area contributed by atoms with Crippen LogP contribution in [0.2, 0.25) is 0 Å². The molecule has 0 aliphatic carbocycles. The quantitative estimate of drug-likeness (QED) is 0.612. The van der Waals surface area contributed by atoms with Gasteiger partial charge in [0.25, 0.3) is 0 Å². The van der Waals surface area contributed by atoms with Gasteiger partial charge < -0.3 is 10.6 Å². The molecule has 2 N–H and O–H groups in total. The first-order valence-corrected chi connectivity index (χ1v) is 9.70. The molecular formula is C20H21BrN4O3. The molecule has 146 valence electrons. The topological polar surface area (TPSA) is 85.1 Å². The summed E-state index contributed by atoms with van der Waals surface area (Å²) in [5.41, 5.74) is 2.83. The zero-order valence-electron chi connectivity index (χ0n) is 15.7. The van der Waals surface area contributed by atoms with Crippen LogP contribution in [-0.2, 0) is 22.7 Å². The Morgan fingerprint density at radius 3 is 2.36 bits per heavy atom. The summed E-state index contributed by atoms with van der Waals surface area (Å²) in [7, 11) is 0. The van der Waals surface area contributed by atoms with Gasteiger partial charge in [-0.2, -0.15) is 0 Å². The molecule has 28 heavy (non-hydrogen) atoms. The highest BCUT2D eigenvalue weighted by molar-refractivity contribution is 9.10. The van der Waals surface area contributed by atoms with Crippen molar-refractivity contribution in [3.05, 3.63) is 63.0 Å². The Balaban J connectivity index is 1.65. The lowest BCUT2D eigenvalue weighted by molar-refractivity contribution is -0.124. The van der Waals surface area contributed by atoms with Gasteiger partial charge in [-0.05, 0) is 49.7 Å². The molecule has 7 nitrogen and oxygen atoms in total. The van der Waals surface area contributed by atoms with Crippen LogP contribution in [0.3, 0.4) is 0 Å². The van der Waals surface area contributed by atoms with E-state index in [0.717, 1.165) is 15.6 Å². The number of nitrogens with one attached hydrogen (secondary N) is 2. The molecule has 0 saturated heterocycles. The van der Waals surface area contributed by atoms with Crippen molar-refractivity contribution in [1.29, 1.82) is 0 Å². The van der Waals surface area contributed by atoms with Crippen LogP contribution in [0.15, 0.2) is 51.7 Å². The van der Waals surface area contributed by atoms with Crippen molar-refractivity contribution < 1.29 is 9.59 Å². The molecule has 0 unspecified atom stereocenters.